The van der Waals surface area contributed by atoms with Gasteiger partial charge in [-0.3, -0.25) is 4.79 Å². The van der Waals surface area contributed by atoms with Gasteiger partial charge in [-0.15, -0.1) is 0 Å². The van der Waals surface area contributed by atoms with Gasteiger partial charge >= 0.3 is 0 Å². The minimum Gasteiger partial charge on any atom is -0.335 e. The third-order valence-electron chi connectivity index (χ3n) is 5.21. The number of benzene rings is 1. The maximum absolute atomic E-state index is 13.1. The molecule has 0 unspecified atom stereocenters. The average molecular weight is 387 g/mol. The van der Waals surface area contributed by atoms with Crippen LogP contribution < -0.4 is 0 Å². The Morgan fingerprint density at radius 1 is 0.966 bits per heavy atom. The third-order valence-corrected chi connectivity index (χ3v) is 5.21. The van der Waals surface area contributed by atoms with Gasteiger partial charge in [0.25, 0.3) is 5.91 Å². The van der Waals surface area contributed by atoms with E-state index < -0.39 is 0 Å². The summed E-state index contributed by atoms with van der Waals surface area (Å²) in [5, 5.41) is 9.12. The van der Waals surface area contributed by atoms with Crippen molar-refractivity contribution in [3.8, 4) is 11.4 Å². The van der Waals surface area contributed by atoms with Gasteiger partial charge in [-0.25, -0.2) is 19.2 Å². The van der Waals surface area contributed by atoms with E-state index in [1.165, 1.54) is 0 Å². The molecule has 0 aliphatic carbocycles. The molecule has 1 aromatic carbocycles. The lowest BCUT2D eigenvalue weighted by molar-refractivity contribution is 0.0752. The highest BCUT2D eigenvalue weighted by Crippen LogP contribution is 2.18. The molecule has 1 aliphatic heterocycles. The number of rotatable bonds is 2. The van der Waals surface area contributed by atoms with Crippen LogP contribution in [0.15, 0.2) is 42.5 Å². The first-order valence-electron chi connectivity index (χ1n) is 9.71. The van der Waals surface area contributed by atoms with Crippen LogP contribution in [0.5, 0.6) is 0 Å². The molecule has 0 bridgehead atoms. The normalized spacial score (nSPS) is 14.1. The van der Waals surface area contributed by atoms with Crippen LogP contribution in [0.25, 0.3) is 17.0 Å². The molecule has 0 fully saturated rings. The van der Waals surface area contributed by atoms with E-state index in [9.17, 15) is 4.79 Å². The molecular weight excluding hydrogens is 366 g/mol. The molecule has 0 N–H and O–H groups in total. The lowest BCUT2D eigenvalue weighted by Gasteiger charge is -2.18. The van der Waals surface area contributed by atoms with Crippen LogP contribution in [0.4, 0.5) is 0 Å². The second kappa shape index (κ2) is 6.80. The predicted molar refractivity (Wildman–Crippen MR) is 108 cm³/mol. The number of fused-ring (bicyclic) bond motifs is 2. The summed E-state index contributed by atoms with van der Waals surface area (Å²) in [6, 6.07) is 13.7. The summed E-state index contributed by atoms with van der Waals surface area (Å²) >= 11 is 0. The molecule has 0 radical (unpaired) electrons. The first kappa shape index (κ1) is 17.5. The van der Waals surface area contributed by atoms with E-state index >= 15 is 0 Å². The van der Waals surface area contributed by atoms with E-state index in [0.717, 1.165) is 28.6 Å². The van der Waals surface area contributed by atoms with Crippen LogP contribution in [0.1, 0.15) is 27.7 Å². The summed E-state index contributed by atoms with van der Waals surface area (Å²) in [4.78, 5) is 24.0. The van der Waals surface area contributed by atoms with Crippen LogP contribution in [0, 0.1) is 13.8 Å². The molecule has 1 amide bonds. The number of aryl methyl sites for hydroxylation is 2. The predicted octanol–water partition coefficient (Wildman–Crippen LogP) is 2.30. The van der Waals surface area contributed by atoms with Gasteiger partial charge in [-0.1, -0.05) is 30.3 Å². The largest absolute Gasteiger partial charge is 0.335 e. The van der Waals surface area contributed by atoms with E-state index in [1.807, 2.05) is 59.8 Å². The fourth-order valence-corrected chi connectivity index (χ4v) is 3.77. The highest BCUT2D eigenvalue weighted by Gasteiger charge is 2.24. The zero-order chi connectivity index (χ0) is 20.0. The quantitative estimate of drug-likeness (QED) is 0.527. The van der Waals surface area contributed by atoms with Crippen molar-refractivity contribution >= 4 is 11.6 Å². The Kier molecular flexibility index (Phi) is 4.12. The molecule has 4 aromatic rings. The lowest BCUT2D eigenvalue weighted by Crippen LogP contribution is -2.34. The second-order valence-corrected chi connectivity index (χ2v) is 7.32. The van der Waals surface area contributed by atoms with Crippen molar-refractivity contribution in [3.05, 3.63) is 65.4 Å². The monoisotopic (exact) mass is 387 g/mol. The molecule has 0 spiro atoms. The summed E-state index contributed by atoms with van der Waals surface area (Å²) in [5.41, 5.74) is 3.99. The molecule has 146 valence electrons. The van der Waals surface area contributed by atoms with E-state index in [-0.39, 0.29) is 5.91 Å². The van der Waals surface area contributed by atoms with Crippen molar-refractivity contribution in [1.29, 1.82) is 0 Å². The zero-order valence-electron chi connectivity index (χ0n) is 16.4. The SMILES string of the molecule is Cc1cc(C)n2nc(C(=O)N3CCc4nc(-c5ccccc5)nn4CC3)cc2n1. The highest BCUT2D eigenvalue weighted by atomic mass is 16.2. The number of hydrogen-bond donors (Lipinski definition) is 0. The van der Waals surface area contributed by atoms with Crippen molar-refractivity contribution < 1.29 is 4.79 Å². The number of aromatic nitrogens is 6. The van der Waals surface area contributed by atoms with Gasteiger partial charge in [-0.2, -0.15) is 10.2 Å². The number of hydrogen-bond acceptors (Lipinski definition) is 5. The smallest absolute Gasteiger partial charge is 0.274 e. The molecular formula is C21H21N7O. The third kappa shape index (κ3) is 3.16. The van der Waals surface area contributed by atoms with Gasteiger partial charge in [0.1, 0.15) is 5.82 Å². The fraction of sp³-hybridized carbons (Fsp3) is 0.286. The lowest BCUT2D eigenvalue weighted by atomic mass is 10.2. The Morgan fingerprint density at radius 3 is 2.62 bits per heavy atom. The molecule has 4 heterocycles. The molecule has 29 heavy (non-hydrogen) atoms. The Labute approximate surface area is 167 Å². The first-order chi connectivity index (χ1) is 14.1. The molecule has 8 nitrogen and oxygen atoms in total. The molecule has 3 aromatic heterocycles. The van der Waals surface area contributed by atoms with Crippen LogP contribution >= 0.6 is 0 Å². The second-order valence-electron chi connectivity index (χ2n) is 7.32. The number of carbonyl (C=O) groups excluding carboxylic acids is 1. The van der Waals surface area contributed by atoms with E-state index in [2.05, 4.69) is 20.2 Å². The summed E-state index contributed by atoms with van der Waals surface area (Å²) in [6.07, 6.45) is 0.662. The average Bonchev–Trinajstić information content (AvgIpc) is 3.28. The maximum Gasteiger partial charge on any atom is 0.274 e. The number of carbonyl (C=O) groups is 1. The molecule has 0 saturated carbocycles. The zero-order valence-corrected chi connectivity index (χ0v) is 16.4. The van der Waals surface area contributed by atoms with E-state index in [4.69, 9.17) is 0 Å². The van der Waals surface area contributed by atoms with Gasteiger partial charge in [-0.05, 0) is 19.9 Å². The van der Waals surface area contributed by atoms with Crippen molar-refractivity contribution in [3.63, 3.8) is 0 Å². The number of amides is 1. The molecule has 8 heteroatoms. The van der Waals surface area contributed by atoms with Crippen LogP contribution in [0.3, 0.4) is 0 Å². The van der Waals surface area contributed by atoms with Crippen LogP contribution in [-0.2, 0) is 13.0 Å². The summed E-state index contributed by atoms with van der Waals surface area (Å²) in [7, 11) is 0. The summed E-state index contributed by atoms with van der Waals surface area (Å²) in [5.74, 6) is 1.56. The van der Waals surface area contributed by atoms with Gasteiger partial charge < -0.3 is 4.90 Å². The van der Waals surface area contributed by atoms with E-state index in [0.29, 0.717) is 37.4 Å². The van der Waals surface area contributed by atoms with E-state index in [1.54, 1.807) is 10.6 Å². The van der Waals surface area contributed by atoms with Crippen LogP contribution in [0.2, 0.25) is 0 Å². The van der Waals surface area contributed by atoms with Crippen molar-refractivity contribution in [2.45, 2.75) is 26.8 Å². The number of nitrogens with zero attached hydrogens (tertiary/aromatic N) is 7. The highest BCUT2D eigenvalue weighted by molar-refractivity contribution is 5.93. The van der Waals surface area contributed by atoms with Gasteiger partial charge in [0.05, 0.1) is 6.54 Å². The standard InChI is InChI=1S/C21H21N7O/c1-14-12-15(2)28-19(22-14)13-17(24-28)21(29)26-9-8-18-23-20(25-27(18)11-10-26)16-6-4-3-5-7-16/h3-7,12-13H,8-11H2,1-2H3. The van der Waals surface area contributed by atoms with Crippen molar-refractivity contribution in [2.75, 3.05) is 13.1 Å². The maximum atomic E-state index is 13.1. The molecule has 1 aliphatic rings. The topological polar surface area (TPSA) is 81.2 Å². The van der Waals surface area contributed by atoms with Crippen LogP contribution in [-0.4, -0.2) is 53.3 Å². The summed E-state index contributed by atoms with van der Waals surface area (Å²) < 4.78 is 3.63. The minimum atomic E-state index is -0.0819. The van der Waals surface area contributed by atoms with Crippen molar-refractivity contribution in [1.82, 2.24) is 34.3 Å². The van der Waals surface area contributed by atoms with Gasteiger partial charge in [0.15, 0.2) is 17.2 Å². The molecule has 0 atom stereocenters. The fourth-order valence-electron chi connectivity index (χ4n) is 3.77. The molecule has 0 saturated heterocycles. The Balaban J connectivity index is 1.36. The van der Waals surface area contributed by atoms with Gasteiger partial charge in [0, 0.05) is 42.5 Å². The molecule has 5 rings (SSSR count). The van der Waals surface area contributed by atoms with Gasteiger partial charge in [0.2, 0.25) is 0 Å². The minimum absolute atomic E-state index is 0.0819. The Morgan fingerprint density at radius 2 is 1.79 bits per heavy atom. The van der Waals surface area contributed by atoms with Crippen molar-refractivity contribution in [2.24, 2.45) is 0 Å². The first-order valence-corrected chi connectivity index (χ1v) is 9.71. The summed E-state index contributed by atoms with van der Waals surface area (Å²) in [6.45, 7) is 5.68. The Bertz CT molecular complexity index is 1180. The Hall–Kier alpha value is -3.55.